The van der Waals surface area contributed by atoms with Crippen LogP contribution in [0, 0.1) is 20.8 Å². The van der Waals surface area contributed by atoms with Crippen molar-refractivity contribution in [2.75, 3.05) is 12.0 Å². The van der Waals surface area contributed by atoms with Crippen LogP contribution in [0.5, 0.6) is 5.75 Å². The summed E-state index contributed by atoms with van der Waals surface area (Å²) >= 11 is 1.60. The quantitative estimate of drug-likeness (QED) is 0.766. The van der Waals surface area contributed by atoms with Crippen molar-refractivity contribution in [2.45, 2.75) is 53.7 Å². The van der Waals surface area contributed by atoms with E-state index in [1.165, 1.54) is 0 Å². The van der Waals surface area contributed by atoms with Gasteiger partial charge in [0.25, 0.3) is 0 Å². The Morgan fingerprint density at radius 3 is 2.48 bits per heavy atom. The van der Waals surface area contributed by atoms with E-state index in [-0.39, 0.29) is 6.09 Å². The Kier molecular flexibility index (Phi) is 5.72. The number of aryl methyl sites for hydroxylation is 2. The second kappa shape index (κ2) is 7.44. The van der Waals surface area contributed by atoms with Gasteiger partial charge >= 0.3 is 6.09 Å². The molecule has 0 N–H and O–H groups in total. The highest BCUT2D eigenvalue weighted by Crippen LogP contribution is 2.30. The molecule has 0 aliphatic heterocycles. The summed E-state index contributed by atoms with van der Waals surface area (Å²) in [6, 6.07) is 1.94. The molecule has 0 fully saturated rings. The molecule has 0 spiro atoms. The maximum atomic E-state index is 12.8. The van der Waals surface area contributed by atoms with E-state index in [9.17, 15) is 4.79 Å². The number of ether oxygens (including phenoxy) is 2. The molecule has 0 aliphatic rings. The molecule has 0 saturated carbocycles. The van der Waals surface area contributed by atoms with Crippen molar-refractivity contribution in [1.82, 2.24) is 4.98 Å². The summed E-state index contributed by atoms with van der Waals surface area (Å²) in [6.45, 7) is 11.8. The second-order valence-corrected chi connectivity index (χ2v) is 8.09. The molecule has 2 rings (SSSR count). The molecule has 1 amide bonds. The van der Waals surface area contributed by atoms with Gasteiger partial charge in [0.15, 0.2) is 0 Å². The van der Waals surface area contributed by atoms with Crippen molar-refractivity contribution in [3.8, 4) is 5.75 Å². The molecule has 2 aromatic heterocycles. The summed E-state index contributed by atoms with van der Waals surface area (Å²) in [5, 5.41) is 1.97. The van der Waals surface area contributed by atoms with Gasteiger partial charge in [-0.1, -0.05) is 0 Å². The Labute approximate surface area is 153 Å². The molecule has 0 bridgehead atoms. The third-order valence-corrected chi connectivity index (χ3v) is 4.63. The van der Waals surface area contributed by atoms with E-state index < -0.39 is 5.60 Å². The molecule has 0 unspecified atom stereocenters. The van der Waals surface area contributed by atoms with Crippen LogP contribution in [-0.2, 0) is 11.3 Å². The van der Waals surface area contributed by atoms with Crippen LogP contribution >= 0.6 is 11.3 Å². The van der Waals surface area contributed by atoms with Crippen molar-refractivity contribution in [3.63, 3.8) is 0 Å². The highest BCUT2D eigenvalue weighted by molar-refractivity contribution is 7.10. The van der Waals surface area contributed by atoms with Gasteiger partial charge in [0.05, 0.1) is 25.0 Å². The number of thiophene rings is 1. The Morgan fingerprint density at radius 1 is 1.28 bits per heavy atom. The highest BCUT2D eigenvalue weighted by Gasteiger charge is 2.26. The lowest BCUT2D eigenvalue weighted by Crippen LogP contribution is -2.37. The van der Waals surface area contributed by atoms with E-state index in [0.717, 1.165) is 33.1 Å². The lowest BCUT2D eigenvalue weighted by Gasteiger charge is -2.28. The van der Waals surface area contributed by atoms with Crippen molar-refractivity contribution in [2.24, 2.45) is 0 Å². The fourth-order valence-electron chi connectivity index (χ4n) is 2.60. The van der Waals surface area contributed by atoms with Crippen LogP contribution in [-0.4, -0.2) is 23.8 Å². The minimum absolute atomic E-state index is 0.328. The zero-order valence-corrected chi connectivity index (χ0v) is 16.8. The fourth-order valence-corrected chi connectivity index (χ4v) is 3.30. The molecule has 0 aliphatic carbocycles. The number of pyridine rings is 1. The molecule has 6 heteroatoms. The number of anilines is 1. The van der Waals surface area contributed by atoms with Crippen molar-refractivity contribution < 1.29 is 14.3 Å². The minimum atomic E-state index is -0.563. The fraction of sp³-hybridized carbons (Fsp3) is 0.474. The smallest absolute Gasteiger partial charge is 0.415 e. The molecule has 5 nitrogen and oxygen atoms in total. The molecule has 136 valence electrons. The van der Waals surface area contributed by atoms with Gasteiger partial charge in [0.2, 0.25) is 0 Å². The monoisotopic (exact) mass is 362 g/mol. The van der Waals surface area contributed by atoms with Gasteiger partial charge in [0, 0.05) is 22.2 Å². The van der Waals surface area contributed by atoms with Crippen molar-refractivity contribution >= 4 is 23.1 Å². The first-order valence-electron chi connectivity index (χ1n) is 8.17. The van der Waals surface area contributed by atoms with E-state index in [1.54, 1.807) is 29.5 Å². The zero-order valence-electron chi connectivity index (χ0n) is 16.0. The van der Waals surface area contributed by atoms with Gasteiger partial charge in [-0.2, -0.15) is 0 Å². The minimum Gasteiger partial charge on any atom is -0.496 e. The van der Waals surface area contributed by atoms with Crippen molar-refractivity contribution in [3.05, 3.63) is 39.3 Å². The standard InChI is InChI=1S/C19H26N2O3S/c1-12-10-20-15(13(2)17(12)23-7)11-21(16-8-9-25-14(16)3)18(22)24-19(4,5)6/h8-10H,11H2,1-7H3. The number of aromatic nitrogens is 1. The van der Waals surface area contributed by atoms with E-state index in [1.807, 2.05) is 53.0 Å². The second-order valence-electron chi connectivity index (χ2n) is 6.97. The molecule has 0 atom stereocenters. The number of methoxy groups -OCH3 is 1. The van der Waals surface area contributed by atoms with Crippen molar-refractivity contribution in [1.29, 1.82) is 0 Å². The Bertz CT molecular complexity index is 763. The van der Waals surface area contributed by atoms with Gasteiger partial charge in [-0.15, -0.1) is 11.3 Å². The lowest BCUT2D eigenvalue weighted by molar-refractivity contribution is 0.0577. The Balaban J connectivity index is 2.41. The number of carbonyl (C=O) groups excluding carboxylic acids is 1. The van der Waals surface area contributed by atoms with Crippen LogP contribution in [0.25, 0.3) is 0 Å². The first-order chi connectivity index (χ1) is 11.6. The molecule has 2 aromatic rings. The maximum Gasteiger partial charge on any atom is 0.415 e. The van der Waals surface area contributed by atoms with E-state index in [2.05, 4.69) is 4.98 Å². The topological polar surface area (TPSA) is 51.7 Å². The number of nitrogens with zero attached hydrogens (tertiary/aromatic N) is 2. The Hall–Kier alpha value is -2.08. The number of carbonyl (C=O) groups is 1. The number of amides is 1. The van der Waals surface area contributed by atoms with Crippen LogP contribution in [0.2, 0.25) is 0 Å². The summed E-state index contributed by atoms with van der Waals surface area (Å²) in [5.74, 6) is 0.802. The third-order valence-electron chi connectivity index (χ3n) is 3.79. The summed E-state index contributed by atoms with van der Waals surface area (Å²) in [5.41, 5.74) is 2.98. The molecule has 0 aromatic carbocycles. The van der Waals surface area contributed by atoms with Gasteiger partial charge in [-0.05, 0) is 53.0 Å². The molecule has 2 heterocycles. The Morgan fingerprint density at radius 2 is 1.96 bits per heavy atom. The van der Waals surface area contributed by atoms with Gasteiger partial charge in [0.1, 0.15) is 11.4 Å². The van der Waals surface area contributed by atoms with Crippen LogP contribution in [0.4, 0.5) is 10.5 Å². The van der Waals surface area contributed by atoms with Crippen LogP contribution in [0.3, 0.4) is 0 Å². The molecular formula is C19H26N2O3S. The predicted octanol–water partition coefficient (Wildman–Crippen LogP) is 5.02. The van der Waals surface area contributed by atoms with E-state index in [4.69, 9.17) is 9.47 Å². The average molecular weight is 362 g/mol. The number of rotatable bonds is 4. The van der Waals surface area contributed by atoms with Crippen LogP contribution in [0.1, 0.15) is 42.5 Å². The molecule has 25 heavy (non-hydrogen) atoms. The summed E-state index contributed by atoms with van der Waals surface area (Å²) in [7, 11) is 1.65. The van der Waals surface area contributed by atoms with Gasteiger partial charge < -0.3 is 9.47 Å². The molecular weight excluding hydrogens is 336 g/mol. The molecule has 0 saturated heterocycles. The summed E-state index contributed by atoms with van der Waals surface area (Å²) < 4.78 is 11.1. The summed E-state index contributed by atoms with van der Waals surface area (Å²) in [4.78, 5) is 20.0. The predicted molar refractivity (Wildman–Crippen MR) is 102 cm³/mol. The van der Waals surface area contributed by atoms with Gasteiger partial charge in [-0.25, -0.2) is 4.79 Å². The highest BCUT2D eigenvalue weighted by atomic mass is 32.1. The largest absolute Gasteiger partial charge is 0.496 e. The number of hydrogen-bond donors (Lipinski definition) is 0. The van der Waals surface area contributed by atoms with Crippen LogP contribution < -0.4 is 9.64 Å². The SMILES string of the molecule is COc1c(C)cnc(CN(C(=O)OC(C)(C)C)c2ccsc2C)c1C. The average Bonchev–Trinajstić information content (AvgIpc) is 2.91. The maximum absolute atomic E-state index is 12.8. The third kappa shape index (κ3) is 4.51. The first-order valence-corrected chi connectivity index (χ1v) is 9.05. The zero-order chi connectivity index (χ0) is 18.8. The van der Waals surface area contributed by atoms with E-state index >= 15 is 0 Å². The summed E-state index contributed by atoms with van der Waals surface area (Å²) in [6.07, 6.45) is 1.39. The van der Waals surface area contributed by atoms with Gasteiger partial charge in [-0.3, -0.25) is 9.88 Å². The first kappa shape index (κ1) is 19.2. The normalized spacial score (nSPS) is 11.3. The van der Waals surface area contributed by atoms with Crippen LogP contribution in [0.15, 0.2) is 17.6 Å². The lowest BCUT2D eigenvalue weighted by atomic mass is 10.1. The van der Waals surface area contributed by atoms with E-state index in [0.29, 0.717) is 6.54 Å². The number of hydrogen-bond acceptors (Lipinski definition) is 5. The molecule has 0 radical (unpaired) electrons.